The van der Waals surface area contributed by atoms with Gasteiger partial charge in [-0.1, -0.05) is 0 Å². The van der Waals surface area contributed by atoms with E-state index >= 15 is 0 Å². The number of aromatic nitrogens is 3. The molecule has 1 aromatic carbocycles. The van der Waals surface area contributed by atoms with Gasteiger partial charge in [-0.15, -0.1) is 0 Å². The van der Waals surface area contributed by atoms with E-state index in [9.17, 15) is 9.18 Å². The first-order valence-corrected chi connectivity index (χ1v) is 9.16. The van der Waals surface area contributed by atoms with Crippen LogP contribution in [-0.2, 0) is 11.2 Å². The topological polar surface area (TPSA) is 71.1 Å². The Morgan fingerprint density at radius 3 is 2.78 bits per heavy atom. The van der Waals surface area contributed by atoms with Crippen molar-refractivity contribution in [2.75, 3.05) is 13.1 Å². The normalized spacial score (nSPS) is 15.2. The third-order valence-corrected chi connectivity index (χ3v) is 4.82. The quantitative estimate of drug-likeness (QED) is 0.751. The number of aromatic amines is 1. The van der Waals surface area contributed by atoms with E-state index in [1.54, 1.807) is 18.5 Å². The van der Waals surface area contributed by atoms with Crippen LogP contribution in [-0.4, -0.2) is 45.0 Å². The summed E-state index contributed by atoms with van der Waals surface area (Å²) in [7, 11) is 0. The molecule has 3 aromatic rings. The van der Waals surface area contributed by atoms with Gasteiger partial charge in [0.2, 0.25) is 5.91 Å². The molecule has 27 heavy (non-hydrogen) atoms. The number of likely N-dealkylation sites (tertiary alicyclic amines) is 1. The Labute approximate surface area is 156 Å². The first-order chi connectivity index (χ1) is 13.2. The molecule has 0 aliphatic carbocycles. The largest absolute Gasteiger partial charge is 0.490 e. The Bertz CT molecular complexity index is 920. The second-order valence-corrected chi connectivity index (χ2v) is 6.73. The molecule has 6 nitrogen and oxygen atoms in total. The number of imidazole rings is 1. The number of carbonyl (C=O) groups excluding carboxylic acids is 1. The number of hydrogen-bond acceptors (Lipinski definition) is 4. The highest BCUT2D eigenvalue weighted by atomic mass is 19.1. The molecule has 0 atom stereocenters. The van der Waals surface area contributed by atoms with Crippen LogP contribution in [0.3, 0.4) is 0 Å². The average molecular weight is 368 g/mol. The number of amides is 1. The van der Waals surface area contributed by atoms with Crippen molar-refractivity contribution in [2.45, 2.75) is 31.8 Å². The minimum absolute atomic E-state index is 0.115. The average Bonchev–Trinajstić information content (AvgIpc) is 3.09. The first kappa shape index (κ1) is 17.5. The second-order valence-electron chi connectivity index (χ2n) is 6.73. The zero-order chi connectivity index (χ0) is 18.6. The lowest BCUT2D eigenvalue weighted by molar-refractivity contribution is -0.132. The minimum atomic E-state index is -0.300. The van der Waals surface area contributed by atoms with Crippen LogP contribution in [0.25, 0.3) is 11.0 Å². The molecule has 4 rings (SSSR count). The van der Waals surface area contributed by atoms with Crippen LogP contribution in [0.1, 0.15) is 25.1 Å². The van der Waals surface area contributed by atoms with E-state index in [0.29, 0.717) is 42.8 Å². The molecular weight excluding hydrogens is 347 g/mol. The van der Waals surface area contributed by atoms with Gasteiger partial charge >= 0.3 is 0 Å². The molecule has 2 aromatic heterocycles. The first-order valence-electron chi connectivity index (χ1n) is 9.16. The molecule has 0 unspecified atom stereocenters. The number of nitrogens with one attached hydrogen (secondary N) is 1. The Balaban J connectivity index is 1.26. The van der Waals surface area contributed by atoms with Crippen LogP contribution >= 0.6 is 0 Å². The molecule has 0 bridgehead atoms. The van der Waals surface area contributed by atoms with E-state index in [1.807, 2.05) is 17.0 Å². The zero-order valence-electron chi connectivity index (χ0n) is 14.9. The molecule has 140 valence electrons. The van der Waals surface area contributed by atoms with Gasteiger partial charge in [0.25, 0.3) is 0 Å². The number of benzene rings is 1. The highest BCUT2D eigenvalue weighted by Gasteiger charge is 2.24. The predicted molar refractivity (Wildman–Crippen MR) is 98.8 cm³/mol. The van der Waals surface area contributed by atoms with Crippen molar-refractivity contribution in [2.24, 2.45) is 0 Å². The van der Waals surface area contributed by atoms with E-state index in [4.69, 9.17) is 4.74 Å². The van der Waals surface area contributed by atoms with E-state index in [-0.39, 0.29) is 17.8 Å². The molecule has 1 N–H and O–H groups in total. The SMILES string of the molecule is O=C(CCc1nc2ccc(F)cc2[nH]1)N1CCC(Oc2ccncc2)CC1. The lowest BCUT2D eigenvalue weighted by atomic mass is 10.1. The highest BCUT2D eigenvalue weighted by molar-refractivity contribution is 5.77. The summed E-state index contributed by atoms with van der Waals surface area (Å²) >= 11 is 0. The Kier molecular flexibility index (Phi) is 5.00. The van der Waals surface area contributed by atoms with Crippen LogP contribution in [0.5, 0.6) is 5.75 Å². The summed E-state index contributed by atoms with van der Waals surface area (Å²) in [6.07, 6.45) is 6.08. The summed E-state index contributed by atoms with van der Waals surface area (Å²) < 4.78 is 19.2. The number of halogens is 1. The van der Waals surface area contributed by atoms with Gasteiger partial charge in [0.05, 0.1) is 11.0 Å². The fraction of sp³-hybridized carbons (Fsp3) is 0.350. The van der Waals surface area contributed by atoms with Crippen LogP contribution in [0.4, 0.5) is 4.39 Å². The summed E-state index contributed by atoms with van der Waals surface area (Å²) in [5, 5.41) is 0. The van der Waals surface area contributed by atoms with Gasteiger partial charge in [0.1, 0.15) is 23.5 Å². The maximum absolute atomic E-state index is 13.3. The maximum Gasteiger partial charge on any atom is 0.223 e. The van der Waals surface area contributed by atoms with E-state index < -0.39 is 0 Å². The fourth-order valence-corrected chi connectivity index (χ4v) is 3.37. The summed E-state index contributed by atoms with van der Waals surface area (Å²) in [4.78, 5) is 25.8. The van der Waals surface area contributed by atoms with Gasteiger partial charge < -0.3 is 14.6 Å². The summed E-state index contributed by atoms with van der Waals surface area (Å²) in [5.74, 6) is 1.34. The van der Waals surface area contributed by atoms with Crippen LogP contribution < -0.4 is 4.74 Å². The number of rotatable bonds is 5. The highest BCUT2D eigenvalue weighted by Crippen LogP contribution is 2.19. The monoisotopic (exact) mass is 368 g/mol. The number of ether oxygens (including phenoxy) is 1. The summed E-state index contributed by atoms with van der Waals surface area (Å²) in [5.41, 5.74) is 1.37. The van der Waals surface area contributed by atoms with Gasteiger partial charge in [0, 0.05) is 51.2 Å². The molecule has 1 saturated heterocycles. The zero-order valence-corrected chi connectivity index (χ0v) is 14.9. The molecular formula is C20H21FN4O2. The van der Waals surface area contributed by atoms with E-state index in [1.165, 1.54) is 12.1 Å². The molecule has 1 fully saturated rings. The number of nitrogens with zero attached hydrogens (tertiary/aromatic N) is 3. The van der Waals surface area contributed by atoms with Crippen molar-refractivity contribution in [1.29, 1.82) is 0 Å². The van der Waals surface area contributed by atoms with Crippen LogP contribution in [0.2, 0.25) is 0 Å². The molecule has 0 saturated carbocycles. The number of H-pyrrole nitrogens is 1. The fourth-order valence-electron chi connectivity index (χ4n) is 3.37. The molecule has 1 amide bonds. The Hall–Kier alpha value is -2.96. The second kappa shape index (κ2) is 7.73. The Morgan fingerprint density at radius 1 is 1.22 bits per heavy atom. The van der Waals surface area contributed by atoms with Crippen LogP contribution in [0, 0.1) is 5.82 Å². The number of fused-ring (bicyclic) bond motifs is 1. The third kappa shape index (κ3) is 4.24. The Morgan fingerprint density at radius 2 is 2.00 bits per heavy atom. The van der Waals surface area contributed by atoms with Crippen molar-refractivity contribution in [3.63, 3.8) is 0 Å². The minimum Gasteiger partial charge on any atom is -0.490 e. The van der Waals surface area contributed by atoms with Gasteiger partial charge in [-0.2, -0.15) is 0 Å². The number of pyridine rings is 1. The molecule has 0 spiro atoms. The number of piperidine rings is 1. The maximum atomic E-state index is 13.3. The standard InChI is InChI=1S/C20H21FN4O2/c21-14-1-2-17-18(13-14)24-19(23-17)3-4-20(26)25-11-7-16(8-12-25)27-15-5-9-22-10-6-15/h1-2,5-6,9-10,13,16H,3-4,7-8,11-12H2,(H,23,24). The molecule has 0 radical (unpaired) electrons. The predicted octanol–water partition coefficient (Wildman–Crippen LogP) is 3.10. The number of carbonyl (C=O) groups is 1. The third-order valence-electron chi connectivity index (χ3n) is 4.82. The van der Waals surface area contributed by atoms with Crippen molar-refractivity contribution in [3.8, 4) is 5.75 Å². The number of hydrogen-bond donors (Lipinski definition) is 1. The van der Waals surface area contributed by atoms with Crippen molar-refractivity contribution >= 4 is 16.9 Å². The molecule has 7 heteroatoms. The van der Waals surface area contributed by atoms with Gasteiger partial charge in [-0.25, -0.2) is 9.37 Å². The van der Waals surface area contributed by atoms with Crippen LogP contribution in [0.15, 0.2) is 42.7 Å². The van der Waals surface area contributed by atoms with Gasteiger partial charge in [-0.3, -0.25) is 9.78 Å². The molecule has 1 aliphatic rings. The lowest BCUT2D eigenvalue weighted by Gasteiger charge is -2.32. The van der Waals surface area contributed by atoms with Crippen molar-refractivity contribution < 1.29 is 13.9 Å². The molecule has 1 aliphatic heterocycles. The smallest absolute Gasteiger partial charge is 0.223 e. The van der Waals surface area contributed by atoms with E-state index in [2.05, 4.69) is 15.0 Å². The van der Waals surface area contributed by atoms with Crippen molar-refractivity contribution in [3.05, 3.63) is 54.4 Å². The van der Waals surface area contributed by atoms with Gasteiger partial charge in [-0.05, 0) is 30.3 Å². The van der Waals surface area contributed by atoms with Crippen molar-refractivity contribution in [1.82, 2.24) is 19.9 Å². The molecule has 3 heterocycles. The van der Waals surface area contributed by atoms with Gasteiger partial charge in [0.15, 0.2) is 0 Å². The lowest BCUT2D eigenvalue weighted by Crippen LogP contribution is -2.41. The summed E-state index contributed by atoms with van der Waals surface area (Å²) in [6.45, 7) is 1.39. The number of aryl methyl sites for hydroxylation is 1. The summed E-state index contributed by atoms with van der Waals surface area (Å²) in [6, 6.07) is 8.13. The van der Waals surface area contributed by atoms with E-state index in [0.717, 1.165) is 18.6 Å².